The lowest BCUT2D eigenvalue weighted by molar-refractivity contribution is -0.122. The van der Waals surface area contributed by atoms with Gasteiger partial charge in [-0.3, -0.25) is 19.6 Å². The molecule has 1 aromatic heterocycles. The molecule has 28 heavy (non-hydrogen) atoms. The molecule has 5 rings (SSSR count). The van der Waals surface area contributed by atoms with Crippen LogP contribution in [0, 0.1) is 0 Å². The van der Waals surface area contributed by atoms with E-state index in [9.17, 15) is 4.79 Å². The maximum atomic E-state index is 13.0. The number of likely N-dealkylation sites (N-methyl/N-ethyl adjacent to an activating group) is 1. The van der Waals surface area contributed by atoms with Crippen LogP contribution < -0.4 is 0 Å². The van der Waals surface area contributed by atoms with Crippen LogP contribution in [0.5, 0.6) is 0 Å². The van der Waals surface area contributed by atoms with Crippen molar-refractivity contribution in [1.29, 1.82) is 0 Å². The van der Waals surface area contributed by atoms with E-state index in [0.717, 1.165) is 43.4 Å². The zero-order chi connectivity index (χ0) is 19.7. The third-order valence-electron chi connectivity index (χ3n) is 5.87. The number of aromatic amines is 1. The van der Waals surface area contributed by atoms with Crippen molar-refractivity contribution in [3.05, 3.63) is 35.5 Å². The quantitative estimate of drug-likeness (QED) is 0.763. The van der Waals surface area contributed by atoms with Crippen LogP contribution in [0.2, 0.25) is 0 Å². The monoisotopic (exact) mass is 384 g/mol. The molecule has 4 heterocycles. The largest absolute Gasteiger partial charge is 0.483 e. The lowest BCUT2D eigenvalue weighted by Crippen LogP contribution is -2.47. The van der Waals surface area contributed by atoms with E-state index in [-0.39, 0.29) is 12.4 Å². The molecule has 0 aliphatic carbocycles. The highest BCUT2D eigenvalue weighted by Crippen LogP contribution is 2.32. The van der Waals surface area contributed by atoms with Crippen molar-refractivity contribution in [2.45, 2.75) is 24.9 Å². The van der Waals surface area contributed by atoms with Crippen LogP contribution >= 0.6 is 0 Å². The summed E-state index contributed by atoms with van der Waals surface area (Å²) in [7, 11) is 2.14. The molecule has 8 heteroatoms. The molecule has 148 valence electrons. The van der Waals surface area contributed by atoms with E-state index in [1.807, 2.05) is 11.0 Å². The van der Waals surface area contributed by atoms with Crippen LogP contribution in [0.25, 0.3) is 16.5 Å². The van der Waals surface area contributed by atoms with E-state index < -0.39 is 0 Å². The molecular formula is C20H24N4O4. The number of nitrogens with one attached hydrogen (secondary N) is 1. The Kier molecular flexibility index (Phi) is 5.15. The number of carbonyl (C=O) groups excluding carboxylic acids is 1. The van der Waals surface area contributed by atoms with Gasteiger partial charge in [0.15, 0.2) is 5.69 Å². The standard InChI is InChI=1S/C19H22N4O2.CH2O2/c1-22-10-15-9-14(22)11-23(15)19(24)18-16-3-2-13(8-17(16)20-21-18)12-4-6-25-7-5-12;2-1-3/h2-4,8,14-15H,5-7,9-11H2,1H3,(H,20,21);1H,(H,2,3)/t14-,15-;/m0./s1. The molecule has 2 N–H and O–H groups in total. The van der Waals surface area contributed by atoms with Gasteiger partial charge >= 0.3 is 0 Å². The van der Waals surface area contributed by atoms with Gasteiger partial charge in [0.2, 0.25) is 0 Å². The Bertz CT molecular complexity index is 920. The summed E-state index contributed by atoms with van der Waals surface area (Å²) in [4.78, 5) is 25.7. The van der Waals surface area contributed by atoms with Gasteiger partial charge in [-0.25, -0.2) is 0 Å². The van der Waals surface area contributed by atoms with Gasteiger partial charge in [0, 0.05) is 30.6 Å². The summed E-state index contributed by atoms with van der Waals surface area (Å²) in [5, 5.41) is 15.2. The fourth-order valence-corrected chi connectivity index (χ4v) is 4.42. The van der Waals surface area contributed by atoms with Crippen LogP contribution in [0.3, 0.4) is 0 Å². The molecule has 0 saturated carbocycles. The summed E-state index contributed by atoms with van der Waals surface area (Å²) in [6.07, 6.45) is 4.14. The number of aromatic nitrogens is 2. The van der Waals surface area contributed by atoms with Gasteiger partial charge < -0.3 is 14.7 Å². The molecule has 2 atom stereocenters. The zero-order valence-corrected chi connectivity index (χ0v) is 15.8. The molecule has 2 fully saturated rings. The van der Waals surface area contributed by atoms with Gasteiger partial charge in [0.25, 0.3) is 12.4 Å². The normalized spacial score (nSPS) is 24.0. The number of likely N-dealkylation sites (tertiary alicyclic amines) is 2. The van der Waals surface area contributed by atoms with E-state index in [0.29, 0.717) is 24.4 Å². The number of amides is 1. The Morgan fingerprint density at radius 1 is 1.36 bits per heavy atom. The summed E-state index contributed by atoms with van der Waals surface area (Å²) in [5.41, 5.74) is 3.96. The third-order valence-corrected chi connectivity index (χ3v) is 5.87. The van der Waals surface area contributed by atoms with Gasteiger partial charge in [-0.15, -0.1) is 0 Å². The van der Waals surface area contributed by atoms with E-state index in [4.69, 9.17) is 14.6 Å². The molecule has 0 radical (unpaired) electrons. The Morgan fingerprint density at radius 2 is 2.18 bits per heavy atom. The first-order valence-electron chi connectivity index (χ1n) is 9.46. The van der Waals surface area contributed by atoms with Gasteiger partial charge in [-0.1, -0.05) is 12.1 Å². The summed E-state index contributed by atoms with van der Waals surface area (Å²) >= 11 is 0. The van der Waals surface area contributed by atoms with Gasteiger partial charge in [-0.2, -0.15) is 5.10 Å². The number of hydrogen-bond acceptors (Lipinski definition) is 5. The fraction of sp³-hybridized carbons (Fsp3) is 0.450. The lowest BCUT2D eigenvalue weighted by atomic mass is 10.00. The molecule has 0 unspecified atom stereocenters. The van der Waals surface area contributed by atoms with Crippen LogP contribution in [-0.2, 0) is 9.53 Å². The number of ether oxygens (including phenoxy) is 1. The van der Waals surface area contributed by atoms with Gasteiger partial charge in [0.05, 0.1) is 18.7 Å². The van der Waals surface area contributed by atoms with Crippen molar-refractivity contribution in [3.63, 3.8) is 0 Å². The molecule has 2 saturated heterocycles. The van der Waals surface area contributed by atoms with Crippen LogP contribution in [0.1, 0.15) is 28.9 Å². The topological polar surface area (TPSA) is 98.8 Å². The molecule has 2 bridgehead atoms. The maximum Gasteiger partial charge on any atom is 0.290 e. The number of piperazine rings is 1. The van der Waals surface area contributed by atoms with Crippen molar-refractivity contribution in [2.24, 2.45) is 0 Å². The average molecular weight is 384 g/mol. The molecule has 2 aromatic rings. The Hall–Kier alpha value is -2.71. The van der Waals surface area contributed by atoms with E-state index in [1.165, 1.54) is 11.1 Å². The zero-order valence-electron chi connectivity index (χ0n) is 15.8. The smallest absolute Gasteiger partial charge is 0.290 e. The van der Waals surface area contributed by atoms with Gasteiger partial charge in [-0.05, 0) is 43.2 Å². The van der Waals surface area contributed by atoms with Gasteiger partial charge in [0.1, 0.15) is 0 Å². The van der Waals surface area contributed by atoms with Crippen LogP contribution in [0.4, 0.5) is 0 Å². The predicted molar refractivity (Wildman–Crippen MR) is 104 cm³/mol. The number of nitrogens with zero attached hydrogens (tertiary/aromatic N) is 3. The molecule has 0 spiro atoms. The van der Waals surface area contributed by atoms with E-state index >= 15 is 0 Å². The number of carboxylic acid groups (broad SMARTS) is 1. The number of H-pyrrole nitrogens is 1. The minimum atomic E-state index is -0.250. The Morgan fingerprint density at radius 3 is 2.82 bits per heavy atom. The first-order chi connectivity index (χ1) is 13.6. The minimum absolute atomic E-state index is 0.0601. The number of carbonyl (C=O) groups is 2. The molecule has 1 aromatic carbocycles. The van der Waals surface area contributed by atoms with Crippen molar-refractivity contribution in [2.75, 3.05) is 33.4 Å². The second-order valence-electron chi connectivity index (χ2n) is 7.43. The molecule has 3 aliphatic rings. The molecular weight excluding hydrogens is 360 g/mol. The second kappa shape index (κ2) is 7.73. The highest BCUT2D eigenvalue weighted by molar-refractivity contribution is 6.05. The van der Waals surface area contributed by atoms with E-state index in [2.05, 4.69) is 40.4 Å². The van der Waals surface area contributed by atoms with Crippen LogP contribution in [-0.4, -0.2) is 82.9 Å². The second-order valence-corrected chi connectivity index (χ2v) is 7.43. The van der Waals surface area contributed by atoms with E-state index in [1.54, 1.807) is 0 Å². The summed E-state index contributed by atoms with van der Waals surface area (Å²) in [6, 6.07) is 7.06. The molecule has 3 aliphatic heterocycles. The Balaban J connectivity index is 0.000000604. The van der Waals surface area contributed by atoms with Crippen molar-refractivity contribution in [1.82, 2.24) is 20.0 Å². The third kappa shape index (κ3) is 3.29. The highest BCUT2D eigenvalue weighted by Gasteiger charge is 2.44. The average Bonchev–Trinajstić information content (AvgIpc) is 3.41. The van der Waals surface area contributed by atoms with Crippen molar-refractivity contribution >= 4 is 28.9 Å². The Labute approximate surface area is 162 Å². The SMILES string of the molecule is CN1C[C@@H]2C[C@H]1CN2C(=O)c1n[nH]c2cc(C3=CCOCC3)ccc12.O=CO. The first-order valence-corrected chi connectivity index (χ1v) is 9.46. The van der Waals surface area contributed by atoms with Crippen molar-refractivity contribution in [3.8, 4) is 0 Å². The number of benzene rings is 1. The fourth-order valence-electron chi connectivity index (χ4n) is 4.42. The predicted octanol–water partition coefficient (Wildman–Crippen LogP) is 1.60. The number of rotatable bonds is 2. The number of fused-ring (bicyclic) bond motifs is 3. The maximum absolute atomic E-state index is 13.0. The van der Waals surface area contributed by atoms with Crippen LogP contribution in [0.15, 0.2) is 24.3 Å². The minimum Gasteiger partial charge on any atom is -0.483 e. The lowest BCUT2D eigenvalue weighted by Gasteiger charge is -2.31. The highest BCUT2D eigenvalue weighted by atomic mass is 16.5. The molecule has 1 amide bonds. The van der Waals surface area contributed by atoms with Crippen molar-refractivity contribution < 1.29 is 19.4 Å². The summed E-state index contributed by atoms with van der Waals surface area (Å²) in [6.45, 7) is 2.98. The summed E-state index contributed by atoms with van der Waals surface area (Å²) in [5.74, 6) is 0.0601. The first kappa shape index (κ1) is 18.6. The number of hydrogen-bond donors (Lipinski definition) is 2. The summed E-state index contributed by atoms with van der Waals surface area (Å²) < 4.78 is 5.38. The molecule has 8 nitrogen and oxygen atoms in total.